The maximum atomic E-state index is 13.3. The summed E-state index contributed by atoms with van der Waals surface area (Å²) in [5.74, 6) is -0.416. The van der Waals surface area contributed by atoms with Gasteiger partial charge in [0.25, 0.3) is 0 Å². The summed E-state index contributed by atoms with van der Waals surface area (Å²) in [6.45, 7) is 24.2. The molecule has 8 nitrogen and oxygen atoms in total. The van der Waals surface area contributed by atoms with Crippen LogP contribution in [-0.4, -0.2) is 63.3 Å². The maximum absolute atomic E-state index is 13.3. The van der Waals surface area contributed by atoms with Crippen molar-refractivity contribution in [2.75, 3.05) is 13.2 Å². The van der Waals surface area contributed by atoms with Gasteiger partial charge in [-0.05, 0) is 38.9 Å². The molecule has 188 valence electrons. The summed E-state index contributed by atoms with van der Waals surface area (Å²) in [5, 5.41) is 0.992. The highest BCUT2D eigenvalue weighted by Gasteiger charge is 2.57. The molecule has 0 aliphatic carbocycles. The van der Waals surface area contributed by atoms with Gasteiger partial charge in [-0.1, -0.05) is 40.4 Å². The van der Waals surface area contributed by atoms with Gasteiger partial charge in [-0.15, -0.1) is 0 Å². The zero-order valence-electron chi connectivity index (χ0n) is 22.1. The van der Waals surface area contributed by atoms with Crippen molar-refractivity contribution in [2.24, 2.45) is 0 Å². The van der Waals surface area contributed by atoms with Crippen molar-refractivity contribution < 1.29 is 23.4 Å². The number of aromatic nitrogens is 2. The molecule has 0 amide bonds. The summed E-state index contributed by atoms with van der Waals surface area (Å²) in [7, 11) is -3.96. The van der Waals surface area contributed by atoms with Crippen LogP contribution in [0, 0.1) is 0 Å². The summed E-state index contributed by atoms with van der Waals surface area (Å²) in [5.41, 5.74) is -0.388. The summed E-state index contributed by atoms with van der Waals surface area (Å²) in [6.07, 6.45) is -1.74. The van der Waals surface area contributed by atoms with Crippen LogP contribution in [0.15, 0.2) is 10.9 Å². The number of hydrogen-bond donors (Lipinski definition) is 0. The van der Waals surface area contributed by atoms with Crippen LogP contribution in [0.2, 0.25) is 37.8 Å². The lowest BCUT2D eigenvalue weighted by Gasteiger charge is -2.37. The Labute approximate surface area is 200 Å². The van der Waals surface area contributed by atoms with Gasteiger partial charge in [-0.3, -0.25) is 4.57 Å². The van der Waals surface area contributed by atoms with Crippen molar-refractivity contribution in [3.63, 3.8) is 0 Å². The molecule has 10 heteroatoms. The van der Waals surface area contributed by atoms with Crippen LogP contribution in [0.4, 0.5) is 0 Å². The van der Waals surface area contributed by atoms with E-state index in [1.807, 2.05) is 26.8 Å². The smallest absolute Gasteiger partial charge is 0.352 e. The Balaban J connectivity index is 1.99. The summed E-state index contributed by atoms with van der Waals surface area (Å²) >= 11 is 0. The average Bonchev–Trinajstić information content (AvgIpc) is 3.11. The standard InChI is InChI=1S/C23H42N2O6Si2/c1-12-27-16-13-17(32(7,8)9)25(21(26)24-16)20-19-18(30-23(5,6)31-19)15(29-20)14-28-33(10,11)22(2,3)4/h13,15,18-20H,12,14H2,1-11H3/t15-,18-,19-,20-/m1/s1. The fourth-order valence-corrected chi connectivity index (χ4v) is 6.54. The Kier molecular flexibility index (Phi) is 7.14. The lowest BCUT2D eigenvalue weighted by molar-refractivity contribution is -0.199. The second-order valence-corrected chi connectivity index (χ2v) is 21.8. The van der Waals surface area contributed by atoms with Crippen molar-refractivity contribution >= 4 is 21.7 Å². The molecule has 2 aliphatic rings. The molecular formula is C23H42N2O6Si2. The van der Waals surface area contributed by atoms with Gasteiger partial charge in [0.15, 0.2) is 20.3 Å². The van der Waals surface area contributed by atoms with Crippen LogP contribution >= 0.6 is 0 Å². The average molecular weight is 499 g/mol. The highest BCUT2D eigenvalue weighted by Crippen LogP contribution is 2.44. The van der Waals surface area contributed by atoms with E-state index < -0.39 is 34.5 Å². The molecule has 0 N–H and O–H groups in total. The fraction of sp³-hybridized carbons (Fsp3) is 0.826. The first kappa shape index (κ1) is 26.6. The normalized spacial score (nSPS) is 27.6. The third-order valence-corrected chi connectivity index (χ3v) is 13.2. The molecule has 4 atom stereocenters. The van der Waals surface area contributed by atoms with E-state index in [1.54, 1.807) is 4.57 Å². The highest BCUT2D eigenvalue weighted by molar-refractivity contribution is 6.88. The second kappa shape index (κ2) is 8.87. The van der Waals surface area contributed by atoms with Crippen molar-refractivity contribution in [2.45, 2.75) is 110 Å². The molecule has 33 heavy (non-hydrogen) atoms. The van der Waals surface area contributed by atoms with E-state index >= 15 is 0 Å². The van der Waals surface area contributed by atoms with Crippen molar-refractivity contribution in [1.82, 2.24) is 9.55 Å². The van der Waals surface area contributed by atoms with Gasteiger partial charge in [0.2, 0.25) is 5.88 Å². The lowest BCUT2D eigenvalue weighted by atomic mass is 10.1. The first-order chi connectivity index (χ1) is 15.0. The van der Waals surface area contributed by atoms with Crippen molar-refractivity contribution in [3.05, 3.63) is 16.6 Å². The molecule has 0 unspecified atom stereocenters. The quantitative estimate of drug-likeness (QED) is 0.531. The number of hydrogen-bond acceptors (Lipinski definition) is 7. The van der Waals surface area contributed by atoms with Crippen LogP contribution in [-0.2, 0) is 18.6 Å². The highest BCUT2D eigenvalue weighted by atomic mass is 28.4. The first-order valence-electron chi connectivity index (χ1n) is 11.9. The molecule has 0 saturated carbocycles. The van der Waals surface area contributed by atoms with E-state index in [4.69, 9.17) is 23.4 Å². The Hall–Kier alpha value is -1.05. The predicted molar refractivity (Wildman–Crippen MR) is 134 cm³/mol. The SMILES string of the molecule is CCOc1cc([Si](C)(C)C)n([C@@H]2O[C@H](CO[Si](C)(C)C(C)(C)C)[C@H]3OC(C)(C)O[C@H]32)c(=O)n1. The van der Waals surface area contributed by atoms with Crippen LogP contribution in [0.25, 0.3) is 0 Å². The number of nitrogens with zero attached hydrogens (tertiary/aromatic N) is 2. The van der Waals surface area contributed by atoms with Crippen LogP contribution in [0.5, 0.6) is 5.88 Å². The van der Waals surface area contributed by atoms with Gasteiger partial charge < -0.3 is 23.4 Å². The van der Waals surface area contributed by atoms with Gasteiger partial charge in [0, 0.05) is 11.4 Å². The van der Waals surface area contributed by atoms with Gasteiger partial charge in [-0.25, -0.2) is 4.79 Å². The monoisotopic (exact) mass is 498 g/mol. The lowest BCUT2D eigenvalue weighted by Crippen LogP contribution is -2.52. The zero-order chi connectivity index (χ0) is 25.0. The molecular weight excluding hydrogens is 456 g/mol. The zero-order valence-corrected chi connectivity index (χ0v) is 24.1. The Bertz CT molecular complexity index is 919. The fourth-order valence-electron chi connectivity index (χ4n) is 4.02. The van der Waals surface area contributed by atoms with Gasteiger partial charge in [-0.2, -0.15) is 4.98 Å². The largest absolute Gasteiger partial charge is 0.478 e. The van der Waals surface area contributed by atoms with E-state index in [1.165, 1.54) is 0 Å². The molecule has 3 rings (SSSR count). The molecule has 1 aromatic rings. The molecule has 2 saturated heterocycles. The molecule has 1 aromatic heterocycles. The third-order valence-electron chi connectivity index (χ3n) is 6.79. The van der Waals surface area contributed by atoms with E-state index in [2.05, 4.69) is 58.5 Å². The van der Waals surface area contributed by atoms with Crippen LogP contribution in [0.3, 0.4) is 0 Å². The number of ether oxygens (including phenoxy) is 4. The third kappa shape index (κ3) is 5.46. The van der Waals surface area contributed by atoms with Crippen molar-refractivity contribution in [1.29, 1.82) is 0 Å². The number of fused-ring (bicyclic) bond motifs is 1. The van der Waals surface area contributed by atoms with Crippen LogP contribution in [0.1, 0.15) is 47.8 Å². The molecule has 0 bridgehead atoms. The summed E-state index contributed by atoms with van der Waals surface area (Å²) in [4.78, 5) is 17.4. The summed E-state index contributed by atoms with van der Waals surface area (Å²) < 4.78 is 32.7. The minimum absolute atomic E-state index is 0.0810. The predicted octanol–water partition coefficient (Wildman–Crippen LogP) is 3.63. The Morgan fingerprint density at radius 2 is 1.73 bits per heavy atom. The topological polar surface area (TPSA) is 81.0 Å². The van der Waals surface area contributed by atoms with E-state index in [0.29, 0.717) is 19.1 Å². The minimum atomic E-state index is -1.99. The molecule has 3 heterocycles. The molecule has 0 spiro atoms. The molecule has 0 radical (unpaired) electrons. The first-order valence-corrected chi connectivity index (χ1v) is 18.3. The molecule has 2 aliphatic heterocycles. The Morgan fingerprint density at radius 3 is 2.27 bits per heavy atom. The van der Waals surface area contributed by atoms with Crippen molar-refractivity contribution in [3.8, 4) is 5.88 Å². The molecule has 2 fully saturated rings. The Morgan fingerprint density at radius 1 is 1.12 bits per heavy atom. The van der Waals surface area contributed by atoms with E-state index in [0.717, 1.165) is 5.32 Å². The van der Waals surface area contributed by atoms with Crippen LogP contribution < -0.4 is 15.7 Å². The van der Waals surface area contributed by atoms with E-state index in [-0.39, 0.29) is 22.9 Å². The van der Waals surface area contributed by atoms with E-state index in [9.17, 15) is 4.79 Å². The number of rotatable bonds is 7. The minimum Gasteiger partial charge on any atom is -0.478 e. The van der Waals surface area contributed by atoms with Gasteiger partial charge in [0.1, 0.15) is 18.3 Å². The summed E-state index contributed by atoms with van der Waals surface area (Å²) in [6, 6.07) is 1.88. The van der Waals surface area contributed by atoms with Gasteiger partial charge in [0.05, 0.1) is 21.3 Å². The van der Waals surface area contributed by atoms with Gasteiger partial charge >= 0.3 is 5.69 Å². The second-order valence-electron chi connectivity index (χ2n) is 12.0. The maximum Gasteiger partial charge on any atom is 0.352 e. The molecule has 0 aromatic carbocycles.